The number of methoxy groups -OCH3 is 1. The van der Waals surface area contributed by atoms with Crippen molar-refractivity contribution < 1.29 is 19.8 Å². The average Bonchev–Trinajstić information content (AvgIpc) is 2.53. The molecule has 0 bridgehead atoms. The van der Waals surface area contributed by atoms with Gasteiger partial charge in [0.25, 0.3) is 5.56 Å². The fourth-order valence-corrected chi connectivity index (χ4v) is 2.20. The first kappa shape index (κ1) is 16.4. The number of benzene rings is 1. The number of hydrogen-bond acceptors (Lipinski definition) is 6. The topological polar surface area (TPSA) is 104 Å². The molecule has 0 spiro atoms. The molecule has 0 fully saturated rings. The van der Waals surface area contributed by atoms with E-state index in [-0.39, 0.29) is 23.6 Å². The second kappa shape index (κ2) is 6.87. The molecule has 7 nitrogen and oxygen atoms in total. The minimum atomic E-state index is -0.758. The number of aromatic nitrogens is 1. The summed E-state index contributed by atoms with van der Waals surface area (Å²) in [6.07, 6.45) is 0. The van der Waals surface area contributed by atoms with Crippen molar-refractivity contribution in [1.82, 2.24) is 4.98 Å². The number of H-pyrrole nitrogens is 1. The summed E-state index contributed by atoms with van der Waals surface area (Å²) in [6, 6.07) is 7.36. The zero-order valence-electron chi connectivity index (χ0n) is 13.1. The van der Waals surface area contributed by atoms with Gasteiger partial charge in [-0.25, -0.2) is 0 Å². The van der Waals surface area contributed by atoms with E-state index in [4.69, 9.17) is 9.57 Å². The van der Waals surface area contributed by atoms with Crippen molar-refractivity contribution in [3.8, 4) is 17.4 Å². The Balaban J connectivity index is 2.21. The van der Waals surface area contributed by atoms with Crippen LogP contribution in [0.5, 0.6) is 17.4 Å². The molecule has 0 aliphatic carbocycles. The molecule has 0 radical (unpaired) electrons. The third kappa shape index (κ3) is 3.45. The van der Waals surface area contributed by atoms with Gasteiger partial charge in [0.15, 0.2) is 5.75 Å². The van der Waals surface area contributed by atoms with Crippen molar-refractivity contribution >= 4 is 5.71 Å². The van der Waals surface area contributed by atoms with Gasteiger partial charge in [-0.3, -0.25) is 9.78 Å². The van der Waals surface area contributed by atoms with E-state index < -0.39 is 11.3 Å². The van der Waals surface area contributed by atoms with Crippen molar-refractivity contribution in [1.29, 1.82) is 0 Å². The zero-order chi connectivity index (χ0) is 17.0. The Hall–Kier alpha value is -2.96. The van der Waals surface area contributed by atoms with Crippen LogP contribution in [0.3, 0.4) is 0 Å². The maximum absolute atomic E-state index is 11.4. The zero-order valence-corrected chi connectivity index (χ0v) is 13.1. The Bertz CT molecular complexity index is 796. The highest BCUT2D eigenvalue weighted by atomic mass is 16.6. The lowest BCUT2D eigenvalue weighted by Gasteiger charge is -2.10. The van der Waals surface area contributed by atoms with Gasteiger partial charge in [-0.1, -0.05) is 23.4 Å². The lowest BCUT2D eigenvalue weighted by Crippen LogP contribution is -2.12. The Kier molecular flexibility index (Phi) is 4.90. The van der Waals surface area contributed by atoms with Gasteiger partial charge in [0.05, 0.1) is 18.4 Å². The molecule has 7 heteroatoms. The number of nitrogens with zero attached hydrogens (tertiary/aromatic N) is 1. The van der Waals surface area contributed by atoms with E-state index in [1.165, 1.54) is 6.92 Å². The highest BCUT2D eigenvalue weighted by Crippen LogP contribution is 2.23. The van der Waals surface area contributed by atoms with Gasteiger partial charge >= 0.3 is 0 Å². The Morgan fingerprint density at radius 2 is 2.00 bits per heavy atom. The van der Waals surface area contributed by atoms with Crippen LogP contribution < -0.4 is 10.3 Å². The summed E-state index contributed by atoms with van der Waals surface area (Å²) in [5.74, 6) is -0.148. The summed E-state index contributed by atoms with van der Waals surface area (Å²) in [5, 5.41) is 23.4. The second-order valence-corrected chi connectivity index (χ2v) is 4.91. The summed E-state index contributed by atoms with van der Waals surface area (Å²) in [5.41, 5.74) is 0.834. The smallest absolute Gasteiger partial charge is 0.293 e. The normalized spacial score (nSPS) is 11.3. The predicted molar refractivity (Wildman–Crippen MR) is 85.1 cm³/mol. The van der Waals surface area contributed by atoms with E-state index in [0.717, 1.165) is 5.56 Å². The molecule has 0 aliphatic rings. The minimum Gasteiger partial charge on any atom is -0.503 e. The molecule has 0 saturated carbocycles. The molecule has 3 N–H and O–H groups in total. The average molecular weight is 318 g/mol. The Morgan fingerprint density at radius 1 is 1.30 bits per heavy atom. The number of rotatable bonds is 5. The van der Waals surface area contributed by atoms with Crippen molar-refractivity contribution in [2.24, 2.45) is 5.16 Å². The van der Waals surface area contributed by atoms with Crippen LogP contribution in [0.15, 0.2) is 34.2 Å². The summed E-state index contributed by atoms with van der Waals surface area (Å²) in [7, 11) is 1.57. The van der Waals surface area contributed by atoms with Crippen LogP contribution in [-0.4, -0.2) is 28.0 Å². The molecule has 122 valence electrons. The second-order valence-electron chi connectivity index (χ2n) is 4.91. The summed E-state index contributed by atoms with van der Waals surface area (Å²) >= 11 is 0. The number of pyridine rings is 1. The first-order chi connectivity index (χ1) is 11.0. The van der Waals surface area contributed by atoms with Crippen LogP contribution >= 0.6 is 0 Å². The molecule has 1 heterocycles. The van der Waals surface area contributed by atoms with Gasteiger partial charge in [0.2, 0.25) is 5.88 Å². The number of oxime groups is 1. The quantitative estimate of drug-likeness (QED) is 0.578. The molecule has 23 heavy (non-hydrogen) atoms. The molecule has 1 aromatic heterocycles. The summed E-state index contributed by atoms with van der Waals surface area (Å²) in [4.78, 5) is 18.8. The van der Waals surface area contributed by atoms with Crippen LogP contribution in [0.1, 0.15) is 23.6 Å². The van der Waals surface area contributed by atoms with Crippen LogP contribution in [0.2, 0.25) is 0 Å². The monoisotopic (exact) mass is 318 g/mol. The summed E-state index contributed by atoms with van der Waals surface area (Å²) in [6.45, 7) is 3.29. The summed E-state index contributed by atoms with van der Waals surface area (Å²) < 4.78 is 5.21. The fraction of sp³-hybridized carbons (Fsp3) is 0.250. The lowest BCUT2D eigenvalue weighted by molar-refractivity contribution is 0.128. The molecule has 1 aromatic carbocycles. The molecular weight excluding hydrogens is 300 g/mol. The number of hydrogen-bond donors (Lipinski definition) is 3. The number of para-hydroxylation sites is 1. The van der Waals surface area contributed by atoms with E-state index in [9.17, 15) is 15.0 Å². The molecule has 0 saturated heterocycles. The van der Waals surface area contributed by atoms with Crippen molar-refractivity contribution in [3.63, 3.8) is 0 Å². The minimum absolute atomic E-state index is 0.177. The highest BCUT2D eigenvalue weighted by Gasteiger charge is 2.16. The van der Waals surface area contributed by atoms with Gasteiger partial charge in [0.1, 0.15) is 12.4 Å². The molecule has 2 aromatic rings. The van der Waals surface area contributed by atoms with Crippen molar-refractivity contribution in [2.75, 3.05) is 7.11 Å². The lowest BCUT2D eigenvalue weighted by atomic mass is 10.1. The fourth-order valence-electron chi connectivity index (χ4n) is 2.20. The highest BCUT2D eigenvalue weighted by molar-refractivity contribution is 6.01. The SMILES string of the molecule is COc1ccccc1CON=C(C)c1c(O)[nH]c(=O)c(O)c1C. The third-order valence-electron chi connectivity index (χ3n) is 3.39. The molecule has 2 rings (SSSR count). The number of nitrogens with one attached hydrogen (secondary N) is 1. The van der Waals surface area contributed by atoms with E-state index >= 15 is 0 Å². The Labute approximate surface area is 132 Å². The van der Waals surface area contributed by atoms with Crippen LogP contribution in [0, 0.1) is 6.92 Å². The van der Waals surface area contributed by atoms with Gasteiger partial charge in [0, 0.05) is 11.1 Å². The molecule has 0 aliphatic heterocycles. The van der Waals surface area contributed by atoms with E-state index in [2.05, 4.69) is 10.1 Å². The molecule has 0 unspecified atom stereocenters. The largest absolute Gasteiger partial charge is 0.503 e. The Morgan fingerprint density at radius 3 is 2.70 bits per heavy atom. The first-order valence-electron chi connectivity index (χ1n) is 6.89. The van der Waals surface area contributed by atoms with Gasteiger partial charge in [-0.05, 0) is 19.9 Å². The van der Waals surface area contributed by atoms with E-state index in [1.807, 2.05) is 24.3 Å². The standard InChI is InChI=1S/C16H18N2O5/c1-9-13(15(20)17-16(21)14(9)19)10(2)18-23-8-11-6-4-5-7-12(11)22-3/h4-7,19H,8H2,1-3H3,(H2,17,20,21). The van der Waals surface area contributed by atoms with Gasteiger partial charge < -0.3 is 19.8 Å². The van der Waals surface area contributed by atoms with Crippen molar-refractivity contribution in [3.05, 3.63) is 51.3 Å². The van der Waals surface area contributed by atoms with Crippen LogP contribution in [0.4, 0.5) is 0 Å². The molecular formula is C16H18N2O5. The maximum Gasteiger partial charge on any atom is 0.293 e. The van der Waals surface area contributed by atoms with E-state index in [0.29, 0.717) is 11.5 Å². The third-order valence-corrected chi connectivity index (χ3v) is 3.39. The predicted octanol–water partition coefficient (Wildman–Crippen LogP) is 2.04. The number of aromatic hydroxyl groups is 2. The van der Waals surface area contributed by atoms with Gasteiger partial charge in [-0.15, -0.1) is 0 Å². The van der Waals surface area contributed by atoms with Crippen molar-refractivity contribution in [2.45, 2.75) is 20.5 Å². The first-order valence-corrected chi connectivity index (χ1v) is 6.89. The molecule has 0 amide bonds. The maximum atomic E-state index is 11.4. The van der Waals surface area contributed by atoms with Crippen LogP contribution in [-0.2, 0) is 11.4 Å². The van der Waals surface area contributed by atoms with E-state index in [1.54, 1.807) is 14.0 Å². The molecule has 0 atom stereocenters. The van der Waals surface area contributed by atoms with Crippen LogP contribution in [0.25, 0.3) is 0 Å². The number of ether oxygens (including phenoxy) is 1. The number of aromatic amines is 1. The van der Waals surface area contributed by atoms with Gasteiger partial charge in [-0.2, -0.15) is 0 Å².